The van der Waals surface area contributed by atoms with Crippen molar-refractivity contribution in [1.82, 2.24) is 4.98 Å². The molecular weight excluding hydrogens is 312 g/mol. The normalized spacial score (nSPS) is 18.0. The first-order valence-corrected chi connectivity index (χ1v) is 9.01. The molecule has 1 aromatic heterocycles. The van der Waals surface area contributed by atoms with Gasteiger partial charge in [-0.25, -0.2) is 4.98 Å². The van der Waals surface area contributed by atoms with Gasteiger partial charge >= 0.3 is 0 Å². The van der Waals surface area contributed by atoms with Gasteiger partial charge in [-0.05, 0) is 50.8 Å². The molecule has 1 aliphatic heterocycles. The molecule has 1 aliphatic rings. The second-order valence-corrected chi connectivity index (χ2v) is 6.69. The predicted octanol–water partition coefficient (Wildman–Crippen LogP) is 3.98. The van der Waals surface area contributed by atoms with E-state index in [-0.39, 0.29) is 12.0 Å². The van der Waals surface area contributed by atoms with Crippen LogP contribution in [0.15, 0.2) is 18.2 Å². The van der Waals surface area contributed by atoms with Crippen molar-refractivity contribution in [3.63, 3.8) is 0 Å². The van der Waals surface area contributed by atoms with E-state index in [1.54, 1.807) is 0 Å². The molecule has 2 aromatic rings. The van der Waals surface area contributed by atoms with Crippen LogP contribution in [0.4, 0.5) is 5.13 Å². The summed E-state index contributed by atoms with van der Waals surface area (Å²) in [6.07, 6.45) is 4.90. The van der Waals surface area contributed by atoms with Crippen LogP contribution in [0, 0.1) is 0 Å². The van der Waals surface area contributed by atoms with Gasteiger partial charge in [-0.2, -0.15) is 0 Å². The van der Waals surface area contributed by atoms with Crippen molar-refractivity contribution in [2.45, 2.75) is 45.1 Å². The number of carbonyl (C=O) groups excluding carboxylic acids is 1. The molecule has 6 heteroatoms. The van der Waals surface area contributed by atoms with Crippen LogP contribution >= 0.6 is 11.3 Å². The lowest BCUT2D eigenvalue weighted by Crippen LogP contribution is -2.21. The number of benzene rings is 1. The minimum absolute atomic E-state index is 0.00302. The molecule has 3 rings (SSSR count). The van der Waals surface area contributed by atoms with E-state index in [1.165, 1.54) is 17.8 Å². The first-order chi connectivity index (χ1) is 11.2. The third kappa shape index (κ3) is 4.42. The zero-order valence-electron chi connectivity index (χ0n) is 13.3. The first kappa shape index (κ1) is 16.2. The molecule has 5 nitrogen and oxygen atoms in total. The molecule has 0 bridgehead atoms. The predicted molar refractivity (Wildman–Crippen MR) is 92.2 cm³/mol. The molecule has 1 fully saturated rings. The quantitative estimate of drug-likeness (QED) is 0.868. The van der Waals surface area contributed by atoms with Gasteiger partial charge in [0.2, 0.25) is 5.91 Å². The number of anilines is 1. The number of amides is 1. The lowest BCUT2D eigenvalue weighted by atomic mass is 10.0. The van der Waals surface area contributed by atoms with E-state index in [0.717, 1.165) is 41.8 Å². The van der Waals surface area contributed by atoms with E-state index in [0.29, 0.717) is 18.2 Å². The van der Waals surface area contributed by atoms with Gasteiger partial charge in [-0.3, -0.25) is 4.79 Å². The third-order valence-corrected chi connectivity index (χ3v) is 4.82. The van der Waals surface area contributed by atoms with Gasteiger partial charge < -0.3 is 14.8 Å². The molecule has 124 valence electrons. The van der Waals surface area contributed by atoms with Crippen molar-refractivity contribution in [3.05, 3.63) is 18.2 Å². The smallest absolute Gasteiger partial charge is 0.226 e. The van der Waals surface area contributed by atoms with Gasteiger partial charge in [0.25, 0.3) is 0 Å². The Kier molecular flexibility index (Phi) is 5.46. The Morgan fingerprint density at radius 2 is 2.39 bits per heavy atom. The Bertz CT molecular complexity index is 665. The maximum Gasteiger partial charge on any atom is 0.226 e. The van der Waals surface area contributed by atoms with Gasteiger partial charge in [0.1, 0.15) is 5.75 Å². The van der Waals surface area contributed by atoms with Crippen LogP contribution in [0.3, 0.4) is 0 Å². The number of hydrogen-bond donors (Lipinski definition) is 1. The van der Waals surface area contributed by atoms with E-state index >= 15 is 0 Å². The van der Waals surface area contributed by atoms with Crippen molar-refractivity contribution in [1.29, 1.82) is 0 Å². The summed E-state index contributed by atoms with van der Waals surface area (Å²) in [5, 5.41) is 3.54. The average molecular weight is 334 g/mol. The molecule has 23 heavy (non-hydrogen) atoms. The number of carbonyl (C=O) groups is 1. The minimum Gasteiger partial charge on any atom is -0.494 e. The number of rotatable bonds is 6. The summed E-state index contributed by atoms with van der Waals surface area (Å²) >= 11 is 1.47. The highest BCUT2D eigenvalue weighted by molar-refractivity contribution is 7.22. The molecule has 1 atom stereocenters. The molecule has 1 aromatic carbocycles. The number of ether oxygens (including phenoxy) is 2. The van der Waals surface area contributed by atoms with Crippen LogP contribution in [0.25, 0.3) is 10.2 Å². The fourth-order valence-electron chi connectivity index (χ4n) is 2.72. The molecule has 0 aliphatic carbocycles. The summed E-state index contributed by atoms with van der Waals surface area (Å²) in [6.45, 7) is 3.42. The minimum atomic E-state index is 0.00302. The van der Waals surface area contributed by atoms with E-state index < -0.39 is 0 Å². The fraction of sp³-hybridized carbons (Fsp3) is 0.529. The van der Waals surface area contributed by atoms with Crippen LogP contribution in [-0.2, 0) is 9.53 Å². The van der Waals surface area contributed by atoms with Gasteiger partial charge in [0.05, 0.1) is 22.9 Å². The molecule has 1 unspecified atom stereocenters. The summed E-state index contributed by atoms with van der Waals surface area (Å²) in [5.41, 5.74) is 0.879. The van der Waals surface area contributed by atoms with E-state index in [1.807, 2.05) is 25.1 Å². The van der Waals surface area contributed by atoms with E-state index in [2.05, 4.69) is 10.3 Å². The summed E-state index contributed by atoms with van der Waals surface area (Å²) in [4.78, 5) is 16.5. The molecule has 1 N–H and O–H groups in total. The Balaban J connectivity index is 1.56. The van der Waals surface area contributed by atoms with Crippen molar-refractivity contribution >= 4 is 32.6 Å². The lowest BCUT2D eigenvalue weighted by Gasteiger charge is -2.21. The Labute approximate surface area is 140 Å². The van der Waals surface area contributed by atoms with Crippen molar-refractivity contribution in [2.75, 3.05) is 18.5 Å². The standard InChI is InChI=1S/C17H22N2O3S/c1-2-21-13-6-8-14-15(11-13)23-17(18-14)19-16(20)9-7-12-5-3-4-10-22-12/h6,8,11-12H,2-5,7,9-10H2,1H3,(H,18,19,20). The number of hydrogen-bond acceptors (Lipinski definition) is 5. The maximum atomic E-state index is 12.1. The first-order valence-electron chi connectivity index (χ1n) is 8.19. The van der Waals surface area contributed by atoms with Crippen molar-refractivity contribution < 1.29 is 14.3 Å². The zero-order valence-corrected chi connectivity index (χ0v) is 14.2. The van der Waals surface area contributed by atoms with Gasteiger partial charge in [-0.1, -0.05) is 11.3 Å². The molecule has 2 heterocycles. The molecule has 0 saturated carbocycles. The van der Waals surface area contributed by atoms with E-state index in [4.69, 9.17) is 9.47 Å². The van der Waals surface area contributed by atoms with Gasteiger partial charge in [0.15, 0.2) is 5.13 Å². The highest BCUT2D eigenvalue weighted by atomic mass is 32.1. The highest BCUT2D eigenvalue weighted by Gasteiger charge is 2.16. The van der Waals surface area contributed by atoms with Crippen LogP contribution in [0.2, 0.25) is 0 Å². The number of thiazole rings is 1. The van der Waals surface area contributed by atoms with Gasteiger partial charge in [0, 0.05) is 13.0 Å². The molecule has 1 saturated heterocycles. The lowest BCUT2D eigenvalue weighted by molar-refractivity contribution is -0.117. The topological polar surface area (TPSA) is 60.5 Å². The highest BCUT2D eigenvalue weighted by Crippen LogP contribution is 2.29. The van der Waals surface area contributed by atoms with Crippen LogP contribution in [0.1, 0.15) is 39.0 Å². The number of nitrogens with zero attached hydrogens (tertiary/aromatic N) is 1. The number of aromatic nitrogens is 1. The van der Waals surface area contributed by atoms with Crippen LogP contribution in [-0.4, -0.2) is 30.2 Å². The molecule has 0 spiro atoms. The SMILES string of the molecule is CCOc1ccc2nc(NC(=O)CCC3CCCCO3)sc2c1. The fourth-order valence-corrected chi connectivity index (χ4v) is 3.63. The summed E-state index contributed by atoms with van der Waals surface area (Å²) < 4.78 is 12.2. The summed E-state index contributed by atoms with van der Waals surface area (Å²) in [6, 6.07) is 5.78. The average Bonchev–Trinajstić information content (AvgIpc) is 2.95. The molecule has 0 radical (unpaired) electrons. The number of fused-ring (bicyclic) bond motifs is 1. The molecule has 1 amide bonds. The van der Waals surface area contributed by atoms with E-state index in [9.17, 15) is 4.79 Å². The zero-order chi connectivity index (χ0) is 16.1. The third-order valence-electron chi connectivity index (χ3n) is 3.88. The Morgan fingerprint density at radius 3 is 3.17 bits per heavy atom. The Hall–Kier alpha value is -1.66. The van der Waals surface area contributed by atoms with Crippen molar-refractivity contribution in [3.8, 4) is 5.75 Å². The number of nitrogens with one attached hydrogen (secondary N) is 1. The second-order valence-electron chi connectivity index (χ2n) is 5.66. The maximum absolute atomic E-state index is 12.1. The van der Waals surface area contributed by atoms with Gasteiger partial charge in [-0.15, -0.1) is 0 Å². The molecular formula is C17H22N2O3S. The van der Waals surface area contributed by atoms with Crippen LogP contribution in [0.5, 0.6) is 5.75 Å². The van der Waals surface area contributed by atoms with Crippen molar-refractivity contribution in [2.24, 2.45) is 0 Å². The van der Waals surface area contributed by atoms with Crippen LogP contribution < -0.4 is 10.1 Å². The largest absolute Gasteiger partial charge is 0.494 e. The monoisotopic (exact) mass is 334 g/mol. The summed E-state index contributed by atoms with van der Waals surface area (Å²) in [5.74, 6) is 0.833. The summed E-state index contributed by atoms with van der Waals surface area (Å²) in [7, 11) is 0. The Morgan fingerprint density at radius 1 is 1.48 bits per heavy atom. The second kappa shape index (κ2) is 7.75.